The summed E-state index contributed by atoms with van der Waals surface area (Å²) < 4.78 is 5.68. The van der Waals surface area contributed by atoms with E-state index < -0.39 is 0 Å². The molecule has 0 spiro atoms. The highest BCUT2D eigenvalue weighted by atomic mass is 16.5. The van der Waals surface area contributed by atoms with Gasteiger partial charge < -0.3 is 10.1 Å². The Bertz CT molecular complexity index is 213. The number of rotatable bonds is 5. The van der Waals surface area contributed by atoms with Crippen molar-refractivity contribution in [3.05, 3.63) is 0 Å². The molecule has 1 aliphatic heterocycles. The molecular formula is C15H29NO. The molecule has 2 aliphatic rings. The number of hydrogen-bond acceptors (Lipinski definition) is 2. The highest BCUT2D eigenvalue weighted by molar-refractivity contribution is 4.89. The van der Waals surface area contributed by atoms with Crippen LogP contribution in [-0.2, 0) is 4.74 Å². The molecule has 2 rings (SSSR count). The molecule has 4 atom stereocenters. The molecular weight excluding hydrogens is 210 g/mol. The highest BCUT2D eigenvalue weighted by Crippen LogP contribution is 2.38. The fourth-order valence-corrected chi connectivity index (χ4v) is 3.81. The molecule has 2 nitrogen and oxygen atoms in total. The lowest BCUT2D eigenvalue weighted by Crippen LogP contribution is -2.44. The van der Waals surface area contributed by atoms with Crippen LogP contribution in [0.1, 0.15) is 52.4 Å². The van der Waals surface area contributed by atoms with Gasteiger partial charge in [-0.05, 0) is 50.0 Å². The van der Waals surface area contributed by atoms with E-state index in [0.29, 0.717) is 0 Å². The molecule has 1 heterocycles. The molecule has 0 aromatic carbocycles. The Hall–Kier alpha value is -0.0800. The maximum Gasteiger partial charge on any atom is 0.0509 e. The largest absolute Gasteiger partial charge is 0.381 e. The third-order valence-electron chi connectivity index (χ3n) is 4.81. The molecule has 0 amide bonds. The van der Waals surface area contributed by atoms with Crippen LogP contribution in [0.3, 0.4) is 0 Å². The van der Waals surface area contributed by atoms with Gasteiger partial charge in [-0.15, -0.1) is 0 Å². The second kappa shape index (κ2) is 6.75. The minimum absolute atomic E-state index is 0.719. The number of ether oxygens (including phenoxy) is 1. The molecule has 0 radical (unpaired) electrons. The van der Waals surface area contributed by atoms with Crippen molar-refractivity contribution < 1.29 is 4.74 Å². The van der Waals surface area contributed by atoms with Crippen molar-refractivity contribution in [1.29, 1.82) is 0 Å². The van der Waals surface area contributed by atoms with E-state index in [2.05, 4.69) is 19.2 Å². The Morgan fingerprint density at radius 3 is 2.65 bits per heavy atom. The first-order valence-corrected chi connectivity index (χ1v) is 7.66. The Kier molecular flexibility index (Phi) is 5.30. The van der Waals surface area contributed by atoms with Crippen LogP contribution in [0.2, 0.25) is 0 Å². The zero-order valence-electron chi connectivity index (χ0n) is 11.6. The van der Waals surface area contributed by atoms with Gasteiger partial charge in [0.1, 0.15) is 0 Å². The molecule has 1 saturated heterocycles. The van der Waals surface area contributed by atoms with Crippen molar-refractivity contribution >= 4 is 0 Å². The lowest BCUT2D eigenvalue weighted by atomic mass is 9.83. The fourth-order valence-electron chi connectivity index (χ4n) is 3.81. The van der Waals surface area contributed by atoms with Crippen molar-refractivity contribution in [2.45, 2.75) is 58.4 Å². The summed E-state index contributed by atoms with van der Waals surface area (Å²) in [4.78, 5) is 0. The van der Waals surface area contributed by atoms with Crippen molar-refractivity contribution in [3.63, 3.8) is 0 Å². The summed E-state index contributed by atoms with van der Waals surface area (Å²) >= 11 is 0. The van der Waals surface area contributed by atoms with Gasteiger partial charge in [0, 0.05) is 12.6 Å². The molecule has 100 valence electrons. The standard InChI is InChI=1S/C15H29NO/c1-3-12-7-8-13(10-12)15(16-4-2)14-6-5-9-17-11-14/h12-16H,3-11H2,1-2H3. The van der Waals surface area contributed by atoms with E-state index in [1.165, 1.54) is 38.5 Å². The van der Waals surface area contributed by atoms with E-state index in [1.54, 1.807) is 0 Å². The number of nitrogens with one attached hydrogen (secondary N) is 1. The molecule has 2 fully saturated rings. The lowest BCUT2D eigenvalue weighted by Gasteiger charge is -2.35. The van der Waals surface area contributed by atoms with Crippen molar-refractivity contribution in [1.82, 2.24) is 5.32 Å². The monoisotopic (exact) mass is 239 g/mol. The first-order valence-electron chi connectivity index (χ1n) is 7.66. The highest BCUT2D eigenvalue weighted by Gasteiger charge is 2.34. The zero-order chi connectivity index (χ0) is 12.1. The van der Waals surface area contributed by atoms with E-state index in [4.69, 9.17) is 4.74 Å². The van der Waals surface area contributed by atoms with Crippen LogP contribution in [0.15, 0.2) is 0 Å². The average Bonchev–Trinajstić information content (AvgIpc) is 2.85. The third kappa shape index (κ3) is 3.45. The first-order chi connectivity index (χ1) is 8.35. The predicted molar refractivity (Wildman–Crippen MR) is 72.1 cm³/mol. The summed E-state index contributed by atoms with van der Waals surface area (Å²) in [5, 5.41) is 3.76. The van der Waals surface area contributed by atoms with Crippen LogP contribution in [0.4, 0.5) is 0 Å². The normalized spacial score (nSPS) is 36.0. The van der Waals surface area contributed by atoms with E-state index in [0.717, 1.165) is 43.6 Å². The third-order valence-corrected chi connectivity index (χ3v) is 4.81. The molecule has 0 aromatic rings. The van der Waals surface area contributed by atoms with Gasteiger partial charge in [0.15, 0.2) is 0 Å². The molecule has 17 heavy (non-hydrogen) atoms. The predicted octanol–water partition coefficient (Wildman–Crippen LogP) is 3.22. The maximum atomic E-state index is 5.68. The van der Waals surface area contributed by atoms with Gasteiger partial charge in [0.25, 0.3) is 0 Å². The minimum Gasteiger partial charge on any atom is -0.381 e. The second-order valence-corrected chi connectivity index (χ2v) is 5.91. The summed E-state index contributed by atoms with van der Waals surface area (Å²) in [6.45, 7) is 7.67. The quantitative estimate of drug-likeness (QED) is 0.795. The van der Waals surface area contributed by atoms with Crippen LogP contribution in [0.25, 0.3) is 0 Å². The molecule has 1 aliphatic carbocycles. The molecule has 1 saturated carbocycles. The van der Waals surface area contributed by atoms with E-state index >= 15 is 0 Å². The number of hydrogen-bond donors (Lipinski definition) is 1. The summed E-state index contributed by atoms with van der Waals surface area (Å²) in [5.74, 6) is 2.67. The molecule has 2 heteroatoms. The summed E-state index contributed by atoms with van der Waals surface area (Å²) in [6.07, 6.45) is 8.34. The average molecular weight is 239 g/mol. The summed E-state index contributed by atoms with van der Waals surface area (Å²) in [5.41, 5.74) is 0. The van der Waals surface area contributed by atoms with Gasteiger partial charge in [-0.3, -0.25) is 0 Å². The topological polar surface area (TPSA) is 21.3 Å². The van der Waals surface area contributed by atoms with Gasteiger partial charge in [0.05, 0.1) is 6.61 Å². The first kappa shape index (κ1) is 13.4. The van der Waals surface area contributed by atoms with Gasteiger partial charge in [0.2, 0.25) is 0 Å². The zero-order valence-corrected chi connectivity index (χ0v) is 11.6. The Labute approximate surface area is 107 Å². The summed E-state index contributed by atoms with van der Waals surface area (Å²) in [6, 6.07) is 0.719. The smallest absolute Gasteiger partial charge is 0.0509 e. The van der Waals surface area contributed by atoms with Gasteiger partial charge >= 0.3 is 0 Å². The van der Waals surface area contributed by atoms with Crippen molar-refractivity contribution in [2.75, 3.05) is 19.8 Å². The molecule has 0 bridgehead atoms. The van der Waals surface area contributed by atoms with Crippen LogP contribution < -0.4 is 5.32 Å². The lowest BCUT2D eigenvalue weighted by molar-refractivity contribution is 0.0290. The van der Waals surface area contributed by atoms with Crippen LogP contribution in [0.5, 0.6) is 0 Å². The van der Waals surface area contributed by atoms with E-state index in [-0.39, 0.29) is 0 Å². The van der Waals surface area contributed by atoms with E-state index in [9.17, 15) is 0 Å². The maximum absolute atomic E-state index is 5.68. The van der Waals surface area contributed by atoms with Gasteiger partial charge in [-0.1, -0.05) is 26.7 Å². The van der Waals surface area contributed by atoms with Crippen molar-refractivity contribution in [3.8, 4) is 0 Å². The second-order valence-electron chi connectivity index (χ2n) is 5.91. The van der Waals surface area contributed by atoms with Gasteiger partial charge in [-0.2, -0.15) is 0 Å². The van der Waals surface area contributed by atoms with Crippen LogP contribution in [-0.4, -0.2) is 25.8 Å². The molecule has 0 aromatic heterocycles. The Morgan fingerprint density at radius 2 is 2.06 bits per heavy atom. The fraction of sp³-hybridized carbons (Fsp3) is 1.00. The van der Waals surface area contributed by atoms with Gasteiger partial charge in [-0.25, -0.2) is 0 Å². The summed E-state index contributed by atoms with van der Waals surface area (Å²) in [7, 11) is 0. The Balaban J connectivity index is 1.91. The SMILES string of the molecule is CCNC(C1CCCOC1)C1CCC(CC)C1. The van der Waals surface area contributed by atoms with Crippen LogP contribution >= 0.6 is 0 Å². The van der Waals surface area contributed by atoms with Crippen molar-refractivity contribution in [2.24, 2.45) is 17.8 Å². The Morgan fingerprint density at radius 1 is 1.18 bits per heavy atom. The van der Waals surface area contributed by atoms with Crippen LogP contribution in [0, 0.1) is 17.8 Å². The molecule has 1 N–H and O–H groups in total. The molecule has 4 unspecified atom stereocenters. The minimum atomic E-state index is 0.719. The van der Waals surface area contributed by atoms with E-state index in [1.807, 2.05) is 0 Å².